The number of unbranched alkanes of at least 4 members (excludes halogenated alkanes) is 22. The molecule has 0 rings (SSSR count). The van der Waals surface area contributed by atoms with Crippen molar-refractivity contribution in [3.63, 3.8) is 0 Å². The van der Waals surface area contributed by atoms with E-state index in [1.165, 1.54) is 141 Å². The summed E-state index contributed by atoms with van der Waals surface area (Å²) in [5, 5.41) is 20.4. The van der Waals surface area contributed by atoms with Gasteiger partial charge in [-0.1, -0.05) is 168 Å². The van der Waals surface area contributed by atoms with E-state index in [0.29, 0.717) is 0 Å². The van der Waals surface area contributed by atoms with Gasteiger partial charge in [-0.05, 0) is 12.8 Å². The van der Waals surface area contributed by atoms with Crippen LogP contribution in [0.2, 0.25) is 0 Å². The monoisotopic (exact) mass is 454 g/mol. The van der Waals surface area contributed by atoms with Crippen molar-refractivity contribution >= 4 is 0 Å². The van der Waals surface area contributed by atoms with E-state index >= 15 is 0 Å². The summed E-state index contributed by atoms with van der Waals surface area (Å²) in [6.07, 6.45) is 32.7. The summed E-state index contributed by atoms with van der Waals surface area (Å²) in [4.78, 5) is 0. The van der Waals surface area contributed by atoms with Gasteiger partial charge in [0.05, 0.1) is 12.2 Å². The Morgan fingerprint density at radius 2 is 0.500 bits per heavy atom. The normalized spacial score (nSPS) is 13.5. The number of hydrogen-bond acceptors (Lipinski definition) is 2. The Bertz CT molecular complexity index is 331. The number of aliphatic hydroxyl groups is 2. The summed E-state index contributed by atoms with van der Waals surface area (Å²) in [7, 11) is 0. The highest BCUT2D eigenvalue weighted by Crippen LogP contribution is 2.17. The molecule has 0 spiro atoms. The molecule has 32 heavy (non-hydrogen) atoms. The van der Waals surface area contributed by atoms with Crippen molar-refractivity contribution in [1.82, 2.24) is 0 Å². The summed E-state index contributed by atoms with van der Waals surface area (Å²) < 4.78 is 0. The van der Waals surface area contributed by atoms with Gasteiger partial charge in [-0.25, -0.2) is 0 Å². The van der Waals surface area contributed by atoms with E-state index in [1.807, 2.05) is 0 Å². The maximum absolute atomic E-state index is 10.2. The summed E-state index contributed by atoms with van der Waals surface area (Å²) >= 11 is 0. The molecule has 0 bridgehead atoms. The third-order valence-electron chi connectivity index (χ3n) is 7.15. The molecular weight excluding hydrogens is 392 g/mol. The predicted molar refractivity (Wildman–Crippen MR) is 143 cm³/mol. The lowest BCUT2D eigenvalue weighted by atomic mass is 9.99. The van der Waals surface area contributed by atoms with E-state index in [2.05, 4.69) is 13.8 Å². The largest absolute Gasteiger partial charge is 0.390 e. The van der Waals surface area contributed by atoms with Crippen molar-refractivity contribution in [2.24, 2.45) is 0 Å². The van der Waals surface area contributed by atoms with Gasteiger partial charge >= 0.3 is 0 Å². The van der Waals surface area contributed by atoms with Crippen LogP contribution in [0.3, 0.4) is 0 Å². The molecule has 0 aromatic carbocycles. The van der Waals surface area contributed by atoms with Crippen LogP contribution in [-0.4, -0.2) is 22.4 Å². The molecule has 0 aromatic rings. The SMILES string of the molecule is CCCCCCCCCCCCCCCC(O)C(O)CCCCCCCCCCCCC. The average molecular weight is 455 g/mol. The summed E-state index contributed by atoms with van der Waals surface area (Å²) in [5.74, 6) is 0. The van der Waals surface area contributed by atoms with E-state index in [9.17, 15) is 10.2 Å². The van der Waals surface area contributed by atoms with Gasteiger partial charge in [0.15, 0.2) is 0 Å². The molecule has 2 nitrogen and oxygen atoms in total. The molecule has 0 radical (unpaired) electrons. The van der Waals surface area contributed by atoms with Gasteiger partial charge in [-0.15, -0.1) is 0 Å². The Balaban J connectivity index is 3.28. The lowest BCUT2D eigenvalue weighted by molar-refractivity contribution is 0.00711. The first-order chi connectivity index (χ1) is 15.7. The van der Waals surface area contributed by atoms with Crippen molar-refractivity contribution in [3.05, 3.63) is 0 Å². The molecule has 2 N–H and O–H groups in total. The maximum atomic E-state index is 10.2. The van der Waals surface area contributed by atoms with Crippen LogP contribution in [0, 0.1) is 0 Å². The molecule has 0 aliphatic rings. The first-order valence-corrected chi connectivity index (χ1v) is 15.1. The van der Waals surface area contributed by atoms with Gasteiger partial charge in [-0.2, -0.15) is 0 Å². The van der Waals surface area contributed by atoms with Crippen LogP contribution in [0.15, 0.2) is 0 Å². The number of hydrogen-bond donors (Lipinski definition) is 2. The molecule has 0 fully saturated rings. The fraction of sp³-hybridized carbons (Fsp3) is 1.00. The molecule has 0 aliphatic carbocycles. The van der Waals surface area contributed by atoms with Crippen LogP contribution in [-0.2, 0) is 0 Å². The quantitative estimate of drug-likeness (QED) is 0.121. The van der Waals surface area contributed by atoms with Gasteiger partial charge < -0.3 is 10.2 Å². The molecule has 0 aliphatic heterocycles. The third kappa shape index (κ3) is 24.6. The molecule has 0 saturated heterocycles. The third-order valence-corrected chi connectivity index (χ3v) is 7.15. The molecule has 0 saturated carbocycles. The molecule has 194 valence electrons. The van der Waals surface area contributed by atoms with Gasteiger partial charge in [0, 0.05) is 0 Å². The second-order valence-corrected chi connectivity index (χ2v) is 10.5. The van der Waals surface area contributed by atoms with E-state index in [-0.39, 0.29) is 0 Å². The van der Waals surface area contributed by atoms with Crippen LogP contribution in [0.4, 0.5) is 0 Å². The first kappa shape index (κ1) is 31.9. The van der Waals surface area contributed by atoms with Gasteiger partial charge in [-0.3, -0.25) is 0 Å². The van der Waals surface area contributed by atoms with Gasteiger partial charge in [0.25, 0.3) is 0 Å². The first-order valence-electron chi connectivity index (χ1n) is 15.1. The fourth-order valence-corrected chi connectivity index (χ4v) is 4.77. The number of aliphatic hydroxyl groups excluding tert-OH is 2. The highest BCUT2D eigenvalue weighted by atomic mass is 16.3. The molecule has 2 heteroatoms. The minimum atomic E-state index is -0.508. The smallest absolute Gasteiger partial charge is 0.0799 e. The Hall–Kier alpha value is -0.0800. The second kappa shape index (κ2) is 27.2. The fourth-order valence-electron chi connectivity index (χ4n) is 4.77. The average Bonchev–Trinajstić information content (AvgIpc) is 2.80. The van der Waals surface area contributed by atoms with Crippen LogP contribution in [0.1, 0.15) is 181 Å². The van der Waals surface area contributed by atoms with Crippen LogP contribution >= 0.6 is 0 Å². The van der Waals surface area contributed by atoms with E-state index in [1.54, 1.807) is 0 Å². The maximum Gasteiger partial charge on any atom is 0.0799 e. The zero-order chi connectivity index (χ0) is 23.5. The topological polar surface area (TPSA) is 40.5 Å². The van der Waals surface area contributed by atoms with E-state index < -0.39 is 12.2 Å². The Kier molecular flexibility index (Phi) is 27.1. The summed E-state index contributed by atoms with van der Waals surface area (Å²) in [5.41, 5.74) is 0. The van der Waals surface area contributed by atoms with Gasteiger partial charge in [0.1, 0.15) is 0 Å². The predicted octanol–water partition coefficient (Wildman–Crippen LogP) is 9.89. The van der Waals surface area contributed by atoms with E-state index in [0.717, 1.165) is 25.7 Å². The van der Waals surface area contributed by atoms with Crippen molar-refractivity contribution in [2.75, 3.05) is 0 Å². The summed E-state index contributed by atoms with van der Waals surface area (Å²) in [6, 6.07) is 0. The minimum Gasteiger partial charge on any atom is -0.390 e. The van der Waals surface area contributed by atoms with Crippen molar-refractivity contribution < 1.29 is 10.2 Å². The van der Waals surface area contributed by atoms with E-state index in [4.69, 9.17) is 0 Å². The highest BCUT2D eigenvalue weighted by Gasteiger charge is 2.15. The van der Waals surface area contributed by atoms with Gasteiger partial charge in [0.2, 0.25) is 0 Å². The van der Waals surface area contributed by atoms with Crippen molar-refractivity contribution in [3.8, 4) is 0 Å². The summed E-state index contributed by atoms with van der Waals surface area (Å²) in [6.45, 7) is 4.55. The highest BCUT2D eigenvalue weighted by molar-refractivity contribution is 4.67. The molecule has 2 atom stereocenters. The van der Waals surface area contributed by atoms with Crippen molar-refractivity contribution in [2.45, 2.75) is 193 Å². The van der Waals surface area contributed by atoms with Crippen LogP contribution in [0.25, 0.3) is 0 Å². The van der Waals surface area contributed by atoms with Crippen LogP contribution in [0.5, 0.6) is 0 Å². The molecule has 2 unspecified atom stereocenters. The molecule has 0 aromatic heterocycles. The zero-order valence-electron chi connectivity index (χ0n) is 22.4. The molecule has 0 amide bonds. The Morgan fingerprint density at radius 3 is 0.719 bits per heavy atom. The molecular formula is C30H62O2. The van der Waals surface area contributed by atoms with Crippen LogP contribution < -0.4 is 0 Å². The number of rotatable bonds is 27. The lowest BCUT2D eigenvalue weighted by Gasteiger charge is -2.17. The minimum absolute atomic E-state index is 0.508. The Labute approximate surface area is 203 Å². The zero-order valence-corrected chi connectivity index (χ0v) is 22.4. The molecule has 0 heterocycles. The second-order valence-electron chi connectivity index (χ2n) is 10.5. The lowest BCUT2D eigenvalue weighted by Crippen LogP contribution is -2.25. The Morgan fingerprint density at radius 1 is 0.312 bits per heavy atom. The standard InChI is InChI=1S/C30H62O2/c1-3-5-7-9-11-13-15-16-18-20-22-24-26-28-30(32)29(31)27-25-23-21-19-17-14-12-10-8-6-4-2/h29-32H,3-28H2,1-2H3. The van der Waals surface area contributed by atoms with Crippen molar-refractivity contribution in [1.29, 1.82) is 0 Å².